The van der Waals surface area contributed by atoms with Gasteiger partial charge in [-0.05, 0) is 18.6 Å². The number of aromatic nitrogens is 1. The summed E-state index contributed by atoms with van der Waals surface area (Å²) in [6.07, 6.45) is -3.12. The van der Waals surface area contributed by atoms with Gasteiger partial charge in [-0.1, -0.05) is 6.07 Å². The number of aliphatic hydroxyl groups is 2. The summed E-state index contributed by atoms with van der Waals surface area (Å²) in [5, 5.41) is 19.2. The monoisotopic (exact) mass is 226 g/mol. The molecule has 2 atom stereocenters. The highest BCUT2D eigenvalue weighted by Gasteiger charge is 2.28. The van der Waals surface area contributed by atoms with Crippen LogP contribution in [0.25, 0.3) is 0 Å². The largest absolute Gasteiger partial charge is 0.467 e. The Hall–Kier alpha value is -1.66. The zero-order valence-corrected chi connectivity index (χ0v) is 9.04. The molecule has 0 bridgehead atoms. The smallest absolute Gasteiger partial charge is 0.337 e. The van der Waals surface area contributed by atoms with Gasteiger partial charge < -0.3 is 20.7 Å². The number of nitrogens with zero attached hydrogens (tertiary/aromatic N) is 1. The normalized spacial score (nSPS) is 14.2. The average Bonchev–Trinajstić information content (AvgIpc) is 2.29. The fourth-order valence-electron chi connectivity index (χ4n) is 1.26. The Bertz CT molecular complexity index is 394. The van der Waals surface area contributed by atoms with Crippen molar-refractivity contribution >= 4 is 11.8 Å². The number of carbonyl (C=O) groups is 1. The van der Waals surface area contributed by atoms with E-state index in [1.807, 2.05) is 0 Å². The lowest BCUT2D eigenvalue weighted by Crippen LogP contribution is -2.30. The number of nitrogens with two attached hydrogens (primary N) is 1. The number of rotatable bonds is 3. The molecule has 0 aliphatic rings. The van der Waals surface area contributed by atoms with Gasteiger partial charge in [-0.15, -0.1) is 0 Å². The molecule has 0 aliphatic carbocycles. The molecule has 6 nitrogen and oxygen atoms in total. The highest BCUT2D eigenvalue weighted by atomic mass is 16.5. The quantitative estimate of drug-likeness (QED) is 0.602. The molecule has 0 fully saturated rings. The average molecular weight is 226 g/mol. The number of ether oxygens (including phenoxy) is 1. The highest BCUT2D eigenvalue weighted by Crippen LogP contribution is 2.20. The van der Waals surface area contributed by atoms with Crippen LogP contribution in [0.3, 0.4) is 0 Å². The van der Waals surface area contributed by atoms with Gasteiger partial charge in [-0.2, -0.15) is 0 Å². The maximum absolute atomic E-state index is 11.0. The molecule has 0 saturated carbocycles. The number of methoxy groups -OCH3 is 1. The number of aryl methyl sites for hydroxylation is 1. The van der Waals surface area contributed by atoms with Gasteiger partial charge in [0.1, 0.15) is 11.9 Å². The first-order chi connectivity index (χ1) is 7.47. The first kappa shape index (κ1) is 12.4. The molecule has 0 aromatic carbocycles. The van der Waals surface area contributed by atoms with Crippen molar-refractivity contribution in [3.63, 3.8) is 0 Å². The van der Waals surface area contributed by atoms with Crippen molar-refractivity contribution in [1.29, 1.82) is 0 Å². The zero-order chi connectivity index (χ0) is 12.3. The third-order valence-electron chi connectivity index (χ3n) is 2.18. The van der Waals surface area contributed by atoms with E-state index < -0.39 is 18.2 Å². The molecule has 0 spiro atoms. The van der Waals surface area contributed by atoms with Crippen molar-refractivity contribution in [1.82, 2.24) is 4.98 Å². The van der Waals surface area contributed by atoms with E-state index in [0.29, 0.717) is 5.56 Å². The first-order valence-electron chi connectivity index (χ1n) is 4.64. The summed E-state index contributed by atoms with van der Waals surface area (Å²) in [6, 6.07) is 3.21. The molecule has 88 valence electrons. The summed E-state index contributed by atoms with van der Waals surface area (Å²) in [5.74, 6) is -0.715. The SMILES string of the molecule is COC(=O)C(O)C(O)c1nc(N)ccc1C. The molecule has 4 N–H and O–H groups in total. The minimum Gasteiger partial charge on any atom is -0.467 e. The van der Waals surface area contributed by atoms with Crippen LogP contribution in [0.15, 0.2) is 12.1 Å². The molecular weight excluding hydrogens is 212 g/mol. The standard InChI is InChI=1S/C10H14N2O4/c1-5-3-4-6(11)12-7(5)8(13)9(14)10(15)16-2/h3-4,8-9,13-14H,1-2H3,(H2,11,12). The van der Waals surface area contributed by atoms with Gasteiger partial charge in [0.2, 0.25) is 0 Å². The van der Waals surface area contributed by atoms with Crippen molar-refractivity contribution in [2.45, 2.75) is 19.1 Å². The second-order valence-electron chi connectivity index (χ2n) is 3.35. The van der Waals surface area contributed by atoms with Crippen LogP contribution in [0.2, 0.25) is 0 Å². The van der Waals surface area contributed by atoms with Crippen LogP contribution < -0.4 is 5.73 Å². The molecule has 1 rings (SSSR count). The third-order valence-corrected chi connectivity index (χ3v) is 2.18. The lowest BCUT2D eigenvalue weighted by Gasteiger charge is -2.17. The summed E-state index contributed by atoms with van der Waals surface area (Å²) < 4.78 is 4.32. The molecule has 1 heterocycles. The van der Waals surface area contributed by atoms with E-state index >= 15 is 0 Å². The number of esters is 1. The molecule has 0 amide bonds. The van der Waals surface area contributed by atoms with Crippen LogP contribution in [-0.4, -0.2) is 34.4 Å². The number of anilines is 1. The van der Waals surface area contributed by atoms with Crippen LogP contribution >= 0.6 is 0 Å². The molecule has 0 radical (unpaired) electrons. The number of nitrogen functional groups attached to an aromatic ring is 1. The van der Waals surface area contributed by atoms with Crippen LogP contribution in [0.1, 0.15) is 17.4 Å². The summed E-state index contributed by atoms with van der Waals surface area (Å²) in [7, 11) is 1.12. The minimum absolute atomic E-state index is 0.165. The second kappa shape index (κ2) is 4.91. The predicted octanol–water partition coefficient (Wildman–Crippen LogP) is -0.460. The van der Waals surface area contributed by atoms with Crippen LogP contribution in [0, 0.1) is 6.92 Å². The van der Waals surface area contributed by atoms with Gasteiger partial charge in [0.05, 0.1) is 12.8 Å². The van der Waals surface area contributed by atoms with Crippen molar-refractivity contribution < 1.29 is 19.7 Å². The van der Waals surface area contributed by atoms with E-state index in [1.165, 1.54) is 0 Å². The third kappa shape index (κ3) is 2.47. The van der Waals surface area contributed by atoms with Crippen LogP contribution in [0.5, 0.6) is 0 Å². The molecule has 6 heteroatoms. The number of carbonyl (C=O) groups excluding carboxylic acids is 1. The number of aliphatic hydroxyl groups excluding tert-OH is 2. The van der Waals surface area contributed by atoms with Crippen molar-refractivity contribution in [2.75, 3.05) is 12.8 Å². The predicted molar refractivity (Wildman–Crippen MR) is 56.4 cm³/mol. The minimum atomic E-state index is -1.67. The van der Waals surface area contributed by atoms with Crippen molar-refractivity contribution in [2.24, 2.45) is 0 Å². The molecular formula is C10H14N2O4. The van der Waals surface area contributed by atoms with Gasteiger partial charge in [-0.3, -0.25) is 0 Å². The Morgan fingerprint density at radius 1 is 1.50 bits per heavy atom. The fraction of sp³-hybridized carbons (Fsp3) is 0.400. The Morgan fingerprint density at radius 3 is 2.69 bits per heavy atom. The lowest BCUT2D eigenvalue weighted by molar-refractivity contribution is -0.157. The maximum Gasteiger partial charge on any atom is 0.337 e. The summed E-state index contributed by atoms with van der Waals surface area (Å²) >= 11 is 0. The lowest BCUT2D eigenvalue weighted by atomic mass is 10.1. The molecule has 1 aromatic rings. The first-order valence-corrected chi connectivity index (χ1v) is 4.64. The van der Waals surface area contributed by atoms with Gasteiger partial charge in [0.15, 0.2) is 6.10 Å². The van der Waals surface area contributed by atoms with Gasteiger partial charge in [0.25, 0.3) is 0 Å². The Balaban J connectivity index is 2.99. The number of hydrogen-bond acceptors (Lipinski definition) is 6. The molecule has 1 aromatic heterocycles. The Labute approximate surface area is 92.7 Å². The number of pyridine rings is 1. The van der Waals surface area contributed by atoms with E-state index in [-0.39, 0.29) is 11.5 Å². The van der Waals surface area contributed by atoms with E-state index in [2.05, 4.69) is 9.72 Å². The van der Waals surface area contributed by atoms with Gasteiger partial charge in [-0.25, -0.2) is 9.78 Å². The topological polar surface area (TPSA) is 106 Å². The highest BCUT2D eigenvalue weighted by molar-refractivity contribution is 5.75. The number of hydrogen-bond donors (Lipinski definition) is 3. The van der Waals surface area contributed by atoms with Crippen LogP contribution in [-0.2, 0) is 9.53 Å². The van der Waals surface area contributed by atoms with Crippen molar-refractivity contribution in [3.8, 4) is 0 Å². The van der Waals surface area contributed by atoms with Crippen LogP contribution in [0.4, 0.5) is 5.82 Å². The maximum atomic E-state index is 11.0. The molecule has 16 heavy (non-hydrogen) atoms. The van der Waals surface area contributed by atoms with E-state index in [9.17, 15) is 15.0 Å². The van der Waals surface area contributed by atoms with E-state index in [4.69, 9.17) is 5.73 Å². The Kier molecular flexibility index (Phi) is 3.81. The second-order valence-corrected chi connectivity index (χ2v) is 3.35. The summed E-state index contributed by atoms with van der Waals surface area (Å²) in [6.45, 7) is 1.69. The Morgan fingerprint density at radius 2 is 2.12 bits per heavy atom. The summed E-state index contributed by atoms with van der Waals surface area (Å²) in [5.41, 5.74) is 6.25. The van der Waals surface area contributed by atoms with Gasteiger partial charge in [0, 0.05) is 0 Å². The molecule has 0 saturated heterocycles. The fourth-order valence-corrected chi connectivity index (χ4v) is 1.26. The molecule has 2 unspecified atom stereocenters. The van der Waals surface area contributed by atoms with E-state index in [1.54, 1.807) is 19.1 Å². The van der Waals surface area contributed by atoms with Crippen molar-refractivity contribution in [3.05, 3.63) is 23.4 Å². The summed E-state index contributed by atoms with van der Waals surface area (Å²) in [4.78, 5) is 14.9. The zero-order valence-electron chi connectivity index (χ0n) is 9.04. The molecule has 0 aliphatic heterocycles. The van der Waals surface area contributed by atoms with E-state index in [0.717, 1.165) is 7.11 Å². The van der Waals surface area contributed by atoms with Gasteiger partial charge >= 0.3 is 5.97 Å².